The Morgan fingerprint density at radius 1 is 1.50 bits per heavy atom. The molecule has 0 aliphatic rings. The summed E-state index contributed by atoms with van der Waals surface area (Å²) in [7, 11) is 1.61. The fraction of sp³-hybridized carbons (Fsp3) is 0.462. The molecule has 1 aromatic carbocycles. The fourth-order valence-electron chi connectivity index (χ4n) is 1.45. The first-order valence-corrected chi connectivity index (χ1v) is 5.73. The molecule has 5 heteroatoms. The van der Waals surface area contributed by atoms with Crippen molar-refractivity contribution in [2.75, 3.05) is 19.0 Å². The summed E-state index contributed by atoms with van der Waals surface area (Å²) < 4.78 is 18.6. The van der Waals surface area contributed by atoms with Gasteiger partial charge in [-0.15, -0.1) is 0 Å². The minimum absolute atomic E-state index is 0.0758. The van der Waals surface area contributed by atoms with Crippen molar-refractivity contribution >= 4 is 11.7 Å². The highest BCUT2D eigenvalue weighted by Crippen LogP contribution is 2.18. The average molecular weight is 255 g/mol. The summed E-state index contributed by atoms with van der Waals surface area (Å²) >= 11 is 0. The number of hydrogen-bond acceptors (Lipinski definition) is 3. The van der Waals surface area contributed by atoms with Gasteiger partial charge in [-0.05, 0) is 31.5 Å². The number of ether oxygens (including phenoxy) is 1. The number of aromatic carboxylic acids is 1. The molecule has 4 nitrogen and oxygen atoms in total. The van der Waals surface area contributed by atoms with E-state index in [0.717, 1.165) is 12.5 Å². The van der Waals surface area contributed by atoms with Crippen LogP contribution in [0.15, 0.2) is 18.2 Å². The zero-order chi connectivity index (χ0) is 13.8. The second-order valence-electron chi connectivity index (χ2n) is 4.39. The van der Waals surface area contributed by atoms with Gasteiger partial charge in [0.1, 0.15) is 5.82 Å². The quantitative estimate of drug-likeness (QED) is 0.820. The summed E-state index contributed by atoms with van der Waals surface area (Å²) in [4.78, 5) is 10.8. The molecule has 100 valence electrons. The van der Waals surface area contributed by atoms with E-state index in [-0.39, 0.29) is 11.2 Å². The molecule has 1 aromatic rings. The number of halogens is 1. The Hall–Kier alpha value is -1.62. The van der Waals surface area contributed by atoms with Crippen LogP contribution in [-0.4, -0.2) is 30.3 Å². The number of benzene rings is 1. The molecule has 0 saturated heterocycles. The first-order valence-electron chi connectivity index (χ1n) is 5.73. The van der Waals surface area contributed by atoms with Gasteiger partial charge in [-0.3, -0.25) is 0 Å². The van der Waals surface area contributed by atoms with Crippen LogP contribution in [0.25, 0.3) is 0 Å². The summed E-state index contributed by atoms with van der Waals surface area (Å²) in [6.45, 7) is 4.39. The van der Waals surface area contributed by atoms with Crippen LogP contribution in [0.3, 0.4) is 0 Å². The van der Waals surface area contributed by atoms with E-state index in [0.29, 0.717) is 12.2 Å². The normalized spacial score (nSPS) is 14.0. The van der Waals surface area contributed by atoms with E-state index >= 15 is 0 Å². The number of rotatable bonds is 6. The smallest absolute Gasteiger partial charge is 0.335 e. The van der Waals surface area contributed by atoms with Crippen LogP contribution in [0, 0.1) is 5.82 Å². The second-order valence-corrected chi connectivity index (χ2v) is 4.39. The van der Waals surface area contributed by atoms with Gasteiger partial charge in [0, 0.05) is 19.3 Å². The zero-order valence-electron chi connectivity index (χ0n) is 10.8. The standard InChI is InChI=1S/C13H18FNO3/c1-4-13(2,18-3)8-15-11-6-9(12(16)17)5-10(14)7-11/h5-7,15H,4,8H2,1-3H3,(H,16,17). The van der Waals surface area contributed by atoms with Crippen molar-refractivity contribution in [1.82, 2.24) is 0 Å². The van der Waals surface area contributed by atoms with E-state index in [9.17, 15) is 9.18 Å². The molecule has 0 bridgehead atoms. The molecule has 0 spiro atoms. The molecular formula is C13H18FNO3. The maximum absolute atomic E-state index is 13.2. The lowest BCUT2D eigenvalue weighted by Gasteiger charge is -2.27. The van der Waals surface area contributed by atoms with Crippen LogP contribution in [0.2, 0.25) is 0 Å². The molecule has 0 aromatic heterocycles. The molecular weight excluding hydrogens is 237 g/mol. The summed E-state index contributed by atoms with van der Waals surface area (Å²) in [6, 6.07) is 3.65. The first kappa shape index (κ1) is 14.4. The van der Waals surface area contributed by atoms with Gasteiger partial charge in [-0.1, -0.05) is 6.92 Å². The molecule has 0 fully saturated rings. The Kier molecular flexibility index (Phi) is 4.67. The first-order chi connectivity index (χ1) is 8.40. The predicted molar refractivity (Wildman–Crippen MR) is 67.6 cm³/mol. The van der Waals surface area contributed by atoms with Gasteiger partial charge in [-0.2, -0.15) is 0 Å². The summed E-state index contributed by atoms with van der Waals surface area (Å²) in [5.41, 5.74) is -0.00681. The zero-order valence-corrected chi connectivity index (χ0v) is 10.8. The number of anilines is 1. The van der Waals surface area contributed by atoms with Crippen molar-refractivity contribution in [3.05, 3.63) is 29.6 Å². The Morgan fingerprint density at radius 3 is 2.67 bits per heavy atom. The lowest BCUT2D eigenvalue weighted by Crippen LogP contribution is -2.35. The van der Waals surface area contributed by atoms with Crippen molar-refractivity contribution in [2.45, 2.75) is 25.9 Å². The second kappa shape index (κ2) is 5.82. The van der Waals surface area contributed by atoms with Crippen LogP contribution >= 0.6 is 0 Å². The molecule has 1 atom stereocenters. The number of methoxy groups -OCH3 is 1. The molecule has 0 radical (unpaired) electrons. The molecule has 2 N–H and O–H groups in total. The summed E-state index contributed by atoms with van der Waals surface area (Å²) in [5, 5.41) is 11.8. The topological polar surface area (TPSA) is 58.6 Å². The van der Waals surface area contributed by atoms with E-state index in [1.165, 1.54) is 12.1 Å². The van der Waals surface area contributed by atoms with Gasteiger partial charge in [-0.25, -0.2) is 9.18 Å². The van der Waals surface area contributed by atoms with Crippen molar-refractivity contribution < 1.29 is 19.0 Å². The highest BCUT2D eigenvalue weighted by atomic mass is 19.1. The SMILES string of the molecule is CCC(C)(CNc1cc(F)cc(C(=O)O)c1)OC. The Morgan fingerprint density at radius 2 is 2.17 bits per heavy atom. The van der Waals surface area contributed by atoms with Gasteiger partial charge in [0.05, 0.1) is 11.2 Å². The Bertz CT molecular complexity index is 430. The Balaban J connectivity index is 2.82. The monoisotopic (exact) mass is 255 g/mol. The van der Waals surface area contributed by atoms with E-state index in [2.05, 4.69) is 5.32 Å². The summed E-state index contributed by atoms with van der Waals surface area (Å²) in [5.74, 6) is -1.73. The van der Waals surface area contributed by atoms with Crippen LogP contribution in [-0.2, 0) is 4.74 Å². The largest absolute Gasteiger partial charge is 0.478 e. The van der Waals surface area contributed by atoms with E-state index in [4.69, 9.17) is 9.84 Å². The maximum Gasteiger partial charge on any atom is 0.335 e. The van der Waals surface area contributed by atoms with Gasteiger partial charge in [0.2, 0.25) is 0 Å². The van der Waals surface area contributed by atoms with Crippen LogP contribution in [0.1, 0.15) is 30.6 Å². The number of carboxylic acid groups (broad SMARTS) is 1. The van der Waals surface area contributed by atoms with Gasteiger partial charge in [0.25, 0.3) is 0 Å². The lowest BCUT2D eigenvalue weighted by molar-refractivity contribution is 0.0144. The highest BCUT2D eigenvalue weighted by molar-refractivity contribution is 5.88. The number of hydrogen-bond donors (Lipinski definition) is 2. The third-order valence-electron chi connectivity index (χ3n) is 3.05. The maximum atomic E-state index is 13.2. The molecule has 0 aliphatic heterocycles. The van der Waals surface area contributed by atoms with Crippen molar-refractivity contribution in [3.63, 3.8) is 0 Å². The number of carbonyl (C=O) groups is 1. The summed E-state index contributed by atoms with van der Waals surface area (Å²) in [6.07, 6.45) is 0.789. The molecule has 0 saturated carbocycles. The third-order valence-corrected chi connectivity index (χ3v) is 3.05. The van der Waals surface area contributed by atoms with E-state index in [1.54, 1.807) is 7.11 Å². The van der Waals surface area contributed by atoms with Crippen LogP contribution in [0.4, 0.5) is 10.1 Å². The average Bonchev–Trinajstić information content (AvgIpc) is 2.35. The molecule has 1 unspecified atom stereocenters. The third kappa shape index (κ3) is 3.70. The van der Waals surface area contributed by atoms with Gasteiger partial charge in [0.15, 0.2) is 0 Å². The van der Waals surface area contributed by atoms with Crippen LogP contribution < -0.4 is 5.32 Å². The minimum Gasteiger partial charge on any atom is -0.478 e. The van der Waals surface area contributed by atoms with Crippen molar-refractivity contribution in [1.29, 1.82) is 0 Å². The van der Waals surface area contributed by atoms with Gasteiger partial charge < -0.3 is 15.2 Å². The number of carboxylic acids is 1. The molecule has 0 heterocycles. The van der Waals surface area contributed by atoms with Crippen LogP contribution in [0.5, 0.6) is 0 Å². The van der Waals surface area contributed by atoms with Crippen molar-refractivity contribution in [2.24, 2.45) is 0 Å². The van der Waals surface area contributed by atoms with E-state index < -0.39 is 11.8 Å². The van der Waals surface area contributed by atoms with Crippen molar-refractivity contribution in [3.8, 4) is 0 Å². The Labute approximate surface area is 106 Å². The highest BCUT2D eigenvalue weighted by Gasteiger charge is 2.20. The lowest BCUT2D eigenvalue weighted by atomic mass is 10.0. The molecule has 18 heavy (non-hydrogen) atoms. The minimum atomic E-state index is -1.15. The number of nitrogens with one attached hydrogen (secondary N) is 1. The predicted octanol–water partition coefficient (Wildman–Crippen LogP) is 2.75. The molecule has 0 amide bonds. The molecule has 0 aliphatic carbocycles. The van der Waals surface area contributed by atoms with Gasteiger partial charge >= 0.3 is 5.97 Å². The van der Waals surface area contributed by atoms with E-state index in [1.807, 2.05) is 13.8 Å². The molecule has 1 rings (SSSR count). The fourth-order valence-corrected chi connectivity index (χ4v) is 1.45.